The number of aryl methyl sites for hydroxylation is 2. The first kappa shape index (κ1) is 23.5. The number of nitrogens with zero attached hydrogens (tertiary/aromatic N) is 2. The fraction of sp³-hybridized carbons (Fsp3) is 0.750. The Kier molecular flexibility index (Phi) is 6.88. The highest BCUT2D eigenvalue weighted by Crippen LogP contribution is 2.49. The van der Waals surface area contributed by atoms with Gasteiger partial charge in [-0.3, -0.25) is 4.98 Å². The minimum absolute atomic E-state index is 0.300. The molecule has 0 amide bonds. The van der Waals surface area contributed by atoms with Gasteiger partial charge in [0.05, 0.1) is 22.0 Å². The van der Waals surface area contributed by atoms with E-state index in [-0.39, 0.29) is 12.0 Å². The van der Waals surface area contributed by atoms with Crippen molar-refractivity contribution in [2.45, 2.75) is 91.8 Å². The van der Waals surface area contributed by atoms with Gasteiger partial charge in [0.25, 0.3) is 0 Å². The molecule has 1 N–H and O–H groups in total. The molecule has 0 bridgehead atoms. The number of carbonyl (C=O) groups excluding carboxylic acids is 1. The zero-order chi connectivity index (χ0) is 22.3. The van der Waals surface area contributed by atoms with E-state index in [2.05, 4.69) is 25.8 Å². The highest BCUT2D eigenvalue weighted by Gasteiger charge is 2.48. The van der Waals surface area contributed by atoms with Gasteiger partial charge in [0.1, 0.15) is 0 Å². The van der Waals surface area contributed by atoms with E-state index in [1.807, 2.05) is 27.7 Å². The Morgan fingerprint density at radius 3 is 2.17 bits per heavy atom. The Morgan fingerprint density at radius 1 is 1.10 bits per heavy atom. The number of pyridine rings is 1. The smallest absolute Gasteiger partial charge is 0.343 e. The normalized spacial score (nSPS) is 20.8. The summed E-state index contributed by atoms with van der Waals surface area (Å²) in [4.78, 5) is 20.2. The second-order valence-electron chi connectivity index (χ2n) is 9.89. The number of aromatic nitrogens is 1. The molecule has 2 heterocycles. The third-order valence-corrected chi connectivity index (χ3v) is 8.08. The molecule has 3 rings (SSSR count). The monoisotopic (exact) mass is 480 g/mol. The van der Waals surface area contributed by atoms with Crippen molar-refractivity contribution in [3.05, 3.63) is 21.4 Å². The molecular weight excluding hydrogens is 444 g/mol. The lowest BCUT2D eigenvalue weighted by Crippen LogP contribution is -2.47. The van der Waals surface area contributed by atoms with Gasteiger partial charge in [0.15, 0.2) is 5.60 Å². The molecule has 168 valence electrons. The van der Waals surface area contributed by atoms with E-state index in [9.17, 15) is 9.90 Å². The molecule has 1 aliphatic heterocycles. The van der Waals surface area contributed by atoms with Gasteiger partial charge in [0, 0.05) is 24.3 Å². The van der Waals surface area contributed by atoms with Crippen molar-refractivity contribution < 1.29 is 14.6 Å². The maximum atomic E-state index is 13.2. The number of hydrogen-bond donors (Lipinski definition) is 1. The molecular formula is C24H37BrN2O3. The van der Waals surface area contributed by atoms with Crippen LogP contribution in [0.15, 0.2) is 4.47 Å². The summed E-state index contributed by atoms with van der Waals surface area (Å²) in [6.07, 6.45) is 7.38. The Morgan fingerprint density at radius 2 is 1.67 bits per heavy atom. The topological polar surface area (TPSA) is 62.7 Å². The van der Waals surface area contributed by atoms with Crippen molar-refractivity contribution in [3.63, 3.8) is 0 Å². The zero-order valence-corrected chi connectivity index (χ0v) is 20.9. The van der Waals surface area contributed by atoms with Gasteiger partial charge in [-0.05, 0) is 80.6 Å². The number of aliphatic hydroxyl groups is 1. The van der Waals surface area contributed by atoms with E-state index in [0.717, 1.165) is 41.8 Å². The van der Waals surface area contributed by atoms with Crippen LogP contribution >= 0.6 is 15.9 Å². The molecule has 1 aliphatic carbocycles. The fourth-order valence-corrected chi connectivity index (χ4v) is 5.86. The Hall–Kier alpha value is -1.14. The Bertz CT molecular complexity index is 792. The average Bonchev–Trinajstić information content (AvgIpc) is 3.12. The number of hydrogen-bond acceptors (Lipinski definition) is 5. The van der Waals surface area contributed by atoms with Crippen LogP contribution in [0.2, 0.25) is 0 Å². The Labute approximate surface area is 189 Å². The summed E-state index contributed by atoms with van der Waals surface area (Å²) >= 11 is 3.75. The lowest BCUT2D eigenvalue weighted by molar-refractivity contribution is -0.176. The van der Waals surface area contributed by atoms with Crippen molar-refractivity contribution in [1.29, 1.82) is 0 Å². The molecule has 0 radical (unpaired) electrons. The quantitative estimate of drug-likeness (QED) is 0.570. The summed E-state index contributed by atoms with van der Waals surface area (Å²) in [7, 11) is 0. The molecule has 6 heteroatoms. The molecule has 1 atom stereocenters. The molecule has 1 saturated heterocycles. The molecule has 0 unspecified atom stereocenters. The third-order valence-electron chi connectivity index (χ3n) is 7.13. The molecule has 5 nitrogen and oxygen atoms in total. The van der Waals surface area contributed by atoms with E-state index in [0.29, 0.717) is 16.7 Å². The van der Waals surface area contributed by atoms with Crippen LogP contribution < -0.4 is 4.90 Å². The SMILES string of the molecule is Cc1nc(C)c([C@](O)(C(=O)OC(C)C)C(C)C)c(N2CCC3(CCCC3)CC2)c1Br. The maximum absolute atomic E-state index is 13.2. The first-order chi connectivity index (χ1) is 14.0. The number of anilines is 1. The van der Waals surface area contributed by atoms with E-state index in [1.165, 1.54) is 25.7 Å². The highest BCUT2D eigenvalue weighted by atomic mass is 79.9. The van der Waals surface area contributed by atoms with E-state index >= 15 is 0 Å². The van der Waals surface area contributed by atoms with E-state index < -0.39 is 11.6 Å². The van der Waals surface area contributed by atoms with Crippen molar-refractivity contribution in [2.24, 2.45) is 11.3 Å². The third kappa shape index (κ3) is 4.14. The maximum Gasteiger partial charge on any atom is 0.343 e. The fourth-order valence-electron chi connectivity index (χ4n) is 5.32. The van der Waals surface area contributed by atoms with Crippen molar-refractivity contribution in [2.75, 3.05) is 18.0 Å². The lowest BCUT2D eigenvalue weighted by Gasteiger charge is -2.43. The van der Waals surface area contributed by atoms with Gasteiger partial charge in [0.2, 0.25) is 0 Å². The zero-order valence-electron chi connectivity index (χ0n) is 19.3. The van der Waals surface area contributed by atoms with Crippen LogP contribution in [0.5, 0.6) is 0 Å². The number of piperidine rings is 1. The summed E-state index contributed by atoms with van der Waals surface area (Å²) in [6, 6.07) is 0. The van der Waals surface area contributed by atoms with Gasteiger partial charge in [-0.15, -0.1) is 0 Å². The predicted molar refractivity (Wildman–Crippen MR) is 124 cm³/mol. The van der Waals surface area contributed by atoms with Crippen LogP contribution in [0.25, 0.3) is 0 Å². The second kappa shape index (κ2) is 8.78. The van der Waals surface area contributed by atoms with E-state index in [4.69, 9.17) is 4.74 Å². The molecule has 2 aliphatic rings. The van der Waals surface area contributed by atoms with Gasteiger partial charge >= 0.3 is 5.97 Å². The average molecular weight is 481 g/mol. The highest BCUT2D eigenvalue weighted by molar-refractivity contribution is 9.10. The van der Waals surface area contributed by atoms with Gasteiger partial charge < -0.3 is 14.7 Å². The number of halogens is 1. The summed E-state index contributed by atoms with van der Waals surface area (Å²) in [5.74, 6) is -0.956. The standard InChI is InChI=1S/C24H37BrN2O3/c1-15(2)24(29,22(28)30-16(3)4)19-17(5)26-18(6)20(25)21(19)27-13-11-23(12-14-27)9-7-8-10-23/h15-16,29H,7-14H2,1-6H3/t24-/m0/s1. The van der Waals surface area contributed by atoms with Crippen LogP contribution in [0.3, 0.4) is 0 Å². The summed E-state index contributed by atoms with van der Waals surface area (Å²) < 4.78 is 6.39. The second-order valence-corrected chi connectivity index (χ2v) is 10.7. The largest absolute Gasteiger partial charge is 0.461 e. The number of rotatable bonds is 5. The Balaban J connectivity index is 2.08. The minimum Gasteiger partial charge on any atom is -0.461 e. The van der Waals surface area contributed by atoms with Crippen molar-refractivity contribution in [3.8, 4) is 0 Å². The van der Waals surface area contributed by atoms with Gasteiger partial charge in [-0.25, -0.2) is 4.79 Å². The summed E-state index contributed by atoms with van der Waals surface area (Å²) in [5.41, 5.74) is 1.79. The van der Waals surface area contributed by atoms with Crippen LogP contribution in [-0.2, 0) is 15.1 Å². The van der Waals surface area contributed by atoms with Crippen molar-refractivity contribution >= 4 is 27.6 Å². The molecule has 1 aromatic heterocycles. The molecule has 1 saturated carbocycles. The minimum atomic E-state index is -1.75. The van der Waals surface area contributed by atoms with Crippen LogP contribution in [0.1, 0.15) is 83.2 Å². The molecule has 1 spiro atoms. The van der Waals surface area contributed by atoms with Crippen LogP contribution in [-0.4, -0.2) is 35.3 Å². The molecule has 30 heavy (non-hydrogen) atoms. The predicted octanol–water partition coefficient (Wildman–Crippen LogP) is 5.42. The van der Waals surface area contributed by atoms with Crippen LogP contribution in [0.4, 0.5) is 5.69 Å². The van der Waals surface area contributed by atoms with Gasteiger partial charge in [-0.2, -0.15) is 0 Å². The number of ether oxygens (including phenoxy) is 1. The lowest BCUT2D eigenvalue weighted by atomic mass is 9.76. The molecule has 2 fully saturated rings. The molecule has 0 aromatic carbocycles. The summed E-state index contributed by atoms with van der Waals surface area (Å²) in [5, 5.41) is 11.8. The number of esters is 1. The number of carbonyl (C=O) groups is 1. The van der Waals surface area contributed by atoms with E-state index in [1.54, 1.807) is 13.8 Å². The molecule has 1 aromatic rings. The first-order valence-corrected chi connectivity index (χ1v) is 12.2. The first-order valence-electron chi connectivity index (χ1n) is 11.4. The van der Waals surface area contributed by atoms with Crippen LogP contribution in [0, 0.1) is 25.2 Å². The van der Waals surface area contributed by atoms with Gasteiger partial charge in [-0.1, -0.05) is 26.7 Å². The summed E-state index contributed by atoms with van der Waals surface area (Å²) in [6.45, 7) is 13.1. The van der Waals surface area contributed by atoms with Crippen molar-refractivity contribution in [1.82, 2.24) is 4.98 Å².